The Balaban J connectivity index is 1.32. The molecule has 2 aromatic carbocycles. The molecule has 2 N–H and O–H groups in total. The summed E-state index contributed by atoms with van der Waals surface area (Å²) in [6.45, 7) is 1.96. The smallest absolute Gasteiger partial charge is 0.407 e. The number of carboxylic acids is 1. The van der Waals surface area contributed by atoms with Crippen molar-refractivity contribution >= 4 is 18.0 Å². The van der Waals surface area contributed by atoms with Gasteiger partial charge in [0.25, 0.3) is 0 Å². The van der Waals surface area contributed by atoms with E-state index in [0.29, 0.717) is 13.0 Å². The third-order valence-corrected chi connectivity index (χ3v) is 6.07. The number of benzene rings is 2. The van der Waals surface area contributed by atoms with E-state index < -0.39 is 18.0 Å². The van der Waals surface area contributed by atoms with Crippen LogP contribution in [-0.4, -0.2) is 53.7 Å². The highest BCUT2D eigenvalue weighted by molar-refractivity contribution is 5.85. The molecule has 166 valence electrons. The lowest BCUT2D eigenvalue weighted by atomic mass is 9.98. The molecule has 0 spiro atoms. The molecule has 0 heterocycles. The molecule has 0 aromatic heterocycles. The molecule has 0 saturated carbocycles. The molecular formula is C25H26N2O5. The number of hydrogen-bond acceptors (Lipinski definition) is 4. The van der Waals surface area contributed by atoms with Crippen LogP contribution < -0.4 is 5.32 Å². The summed E-state index contributed by atoms with van der Waals surface area (Å²) in [6.07, 6.45) is 3.34. The molecule has 0 aliphatic heterocycles. The summed E-state index contributed by atoms with van der Waals surface area (Å²) < 4.78 is 5.56. The van der Waals surface area contributed by atoms with E-state index in [1.54, 1.807) is 19.1 Å². The first-order chi connectivity index (χ1) is 15.5. The van der Waals surface area contributed by atoms with Crippen LogP contribution in [0, 0.1) is 5.92 Å². The van der Waals surface area contributed by atoms with Gasteiger partial charge in [-0.3, -0.25) is 9.59 Å². The van der Waals surface area contributed by atoms with E-state index in [4.69, 9.17) is 9.84 Å². The zero-order chi connectivity index (χ0) is 22.7. The molecule has 7 heteroatoms. The van der Waals surface area contributed by atoms with E-state index in [2.05, 4.69) is 29.6 Å². The molecular weight excluding hydrogens is 408 g/mol. The quantitative estimate of drug-likeness (QED) is 0.651. The lowest BCUT2D eigenvalue weighted by Gasteiger charge is -2.22. The summed E-state index contributed by atoms with van der Waals surface area (Å²) in [7, 11) is 0. The van der Waals surface area contributed by atoms with Gasteiger partial charge in [-0.1, -0.05) is 60.7 Å². The van der Waals surface area contributed by atoms with Crippen LogP contribution in [0.5, 0.6) is 0 Å². The summed E-state index contributed by atoms with van der Waals surface area (Å²) in [5, 5.41) is 11.8. The lowest BCUT2D eigenvalue weighted by Crippen LogP contribution is -2.40. The molecule has 32 heavy (non-hydrogen) atoms. The largest absolute Gasteiger partial charge is 0.480 e. The Morgan fingerprint density at radius 3 is 2.25 bits per heavy atom. The standard InChI is InChI=1S/C25H26N2O5/c1-2-27(14-23(28)29)24(30)16-11-12-17(13-16)26-25(31)32-15-22-20-9-5-3-7-18(20)19-8-4-6-10-21(19)22/h3-12,16-17,22H,2,13-15H2,1H3,(H,26,31)(H,28,29). The van der Waals surface area contributed by atoms with Gasteiger partial charge < -0.3 is 20.1 Å². The van der Waals surface area contributed by atoms with Gasteiger partial charge in [0, 0.05) is 12.5 Å². The van der Waals surface area contributed by atoms with Crippen molar-refractivity contribution in [2.24, 2.45) is 5.92 Å². The summed E-state index contributed by atoms with van der Waals surface area (Å²) in [4.78, 5) is 37.2. The van der Waals surface area contributed by atoms with Gasteiger partial charge in [0.15, 0.2) is 0 Å². The van der Waals surface area contributed by atoms with Gasteiger partial charge in [-0.15, -0.1) is 0 Å². The van der Waals surface area contributed by atoms with E-state index in [1.807, 2.05) is 24.3 Å². The van der Waals surface area contributed by atoms with Crippen molar-refractivity contribution in [2.45, 2.75) is 25.3 Å². The molecule has 2 aromatic rings. The Labute approximate surface area is 186 Å². The number of fused-ring (bicyclic) bond motifs is 3. The van der Waals surface area contributed by atoms with Crippen molar-refractivity contribution in [1.82, 2.24) is 10.2 Å². The molecule has 0 radical (unpaired) electrons. The predicted octanol–water partition coefficient (Wildman–Crippen LogP) is 3.40. The molecule has 0 fully saturated rings. The number of nitrogens with one attached hydrogen (secondary N) is 1. The third-order valence-electron chi connectivity index (χ3n) is 6.07. The lowest BCUT2D eigenvalue weighted by molar-refractivity contribution is -0.145. The van der Waals surface area contributed by atoms with Crippen LogP contribution in [0.2, 0.25) is 0 Å². The highest BCUT2D eigenvalue weighted by Gasteiger charge is 2.31. The van der Waals surface area contributed by atoms with E-state index in [1.165, 1.54) is 16.0 Å². The number of alkyl carbamates (subject to hydrolysis) is 1. The fraction of sp³-hybridized carbons (Fsp3) is 0.320. The van der Waals surface area contributed by atoms with Crippen molar-refractivity contribution in [3.05, 3.63) is 71.8 Å². The van der Waals surface area contributed by atoms with Gasteiger partial charge in [0.1, 0.15) is 13.2 Å². The normalized spacial score (nSPS) is 18.7. The van der Waals surface area contributed by atoms with E-state index in [-0.39, 0.29) is 31.0 Å². The van der Waals surface area contributed by atoms with Gasteiger partial charge in [-0.2, -0.15) is 0 Å². The molecule has 2 aliphatic rings. The first kappa shape index (κ1) is 21.6. The third kappa shape index (κ3) is 4.37. The number of hydrogen-bond donors (Lipinski definition) is 2. The molecule has 0 bridgehead atoms. The Hall–Kier alpha value is -3.61. The Kier molecular flexibility index (Phi) is 6.25. The van der Waals surface area contributed by atoms with Crippen molar-refractivity contribution in [2.75, 3.05) is 19.7 Å². The summed E-state index contributed by atoms with van der Waals surface area (Å²) >= 11 is 0. The van der Waals surface area contributed by atoms with Crippen molar-refractivity contribution in [1.29, 1.82) is 0 Å². The second-order valence-electron chi connectivity index (χ2n) is 8.05. The SMILES string of the molecule is CCN(CC(=O)O)C(=O)C1C=CC(NC(=O)OCC2c3ccccc3-c3ccccc32)C1. The van der Waals surface area contributed by atoms with Crippen LogP contribution in [0.15, 0.2) is 60.7 Å². The monoisotopic (exact) mass is 434 g/mol. The van der Waals surface area contributed by atoms with Crippen LogP contribution in [-0.2, 0) is 14.3 Å². The molecule has 2 amide bonds. The van der Waals surface area contributed by atoms with Crippen LogP contribution in [0.3, 0.4) is 0 Å². The molecule has 2 atom stereocenters. The van der Waals surface area contributed by atoms with Crippen LogP contribution >= 0.6 is 0 Å². The minimum Gasteiger partial charge on any atom is -0.480 e. The minimum atomic E-state index is -1.05. The second kappa shape index (κ2) is 9.26. The Bertz CT molecular complexity index is 1020. The number of carboxylic acid groups (broad SMARTS) is 1. The summed E-state index contributed by atoms with van der Waals surface area (Å²) in [6, 6.07) is 15.9. The number of carbonyl (C=O) groups excluding carboxylic acids is 2. The number of nitrogens with zero attached hydrogens (tertiary/aromatic N) is 1. The molecule has 2 unspecified atom stereocenters. The zero-order valence-electron chi connectivity index (χ0n) is 17.9. The number of rotatable bonds is 7. The highest BCUT2D eigenvalue weighted by atomic mass is 16.5. The van der Waals surface area contributed by atoms with Crippen LogP contribution in [0.25, 0.3) is 11.1 Å². The second-order valence-corrected chi connectivity index (χ2v) is 8.05. The number of aliphatic carboxylic acids is 1. The minimum absolute atomic E-state index is 0.0178. The average molecular weight is 434 g/mol. The number of likely N-dealkylation sites (N-methyl/N-ethyl adjacent to an activating group) is 1. The van der Waals surface area contributed by atoms with Gasteiger partial charge >= 0.3 is 12.1 Å². The Morgan fingerprint density at radius 2 is 1.66 bits per heavy atom. The molecule has 2 aliphatic carbocycles. The maximum absolute atomic E-state index is 12.5. The number of carbonyl (C=O) groups is 3. The maximum Gasteiger partial charge on any atom is 0.407 e. The zero-order valence-corrected chi connectivity index (χ0v) is 17.9. The van der Waals surface area contributed by atoms with Gasteiger partial charge in [-0.05, 0) is 35.6 Å². The average Bonchev–Trinajstić information content (AvgIpc) is 3.38. The van der Waals surface area contributed by atoms with E-state index in [0.717, 1.165) is 11.1 Å². The summed E-state index contributed by atoms with van der Waals surface area (Å²) in [5.74, 6) is -1.76. The fourth-order valence-corrected chi connectivity index (χ4v) is 4.52. The van der Waals surface area contributed by atoms with Gasteiger partial charge in [0.05, 0.1) is 12.0 Å². The molecule has 0 saturated heterocycles. The molecule has 4 rings (SSSR count). The van der Waals surface area contributed by atoms with Crippen molar-refractivity contribution in [3.8, 4) is 11.1 Å². The highest BCUT2D eigenvalue weighted by Crippen LogP contribution is 2.44. The summed E-state index contributed by atoms with van der Waals surface area (Å²) in [5.41, 5.74) is 4.62. The van der Waals surface area contributed by atoms with E-state index in [9.17, 15) is 14.4 Å². The first-order valence-corrected chi connectivity index (χ1v) is 10.8. The fourth-order valence-electron chi connectivity index (χ4n) is 4.52. The topological polar surface area (TPSA) is 95.9 Å². The van der Waals surface area contributed by atoms with Crippen LogP contribution in [0.1, 0.15) is 30.4 Å². The van der Waals surface area contributed by atoms with Crippen molar-refractivity contribution in [3.63, 3.8) is 0 Å². The predicted molar refractivity (Wildman–Crippen MR) is 119 cm³/mol. The van der Waals surface area contributed by atoms with Crippen LogP contribution in [0.4, 0.5) is 4.79 Å². The molecule has 7 nitrogen and oxygen atoms in total. The van der Waals surface area contributed by atoms with Gasteiger partial charge in [0.2, 0.25) is 5.91 Å². The maximum atomic E-state index is 12.5. The first-order valence-electron chi connectivity index (χ1n) is 10.8. The number of ether oxygens (including phenoxy) is 1. The number of amides is 2. The van der Waals surface area contributed by atoms with E-state index >= 15 is 0 Å². The van der Waals surface area contributed by atoms with Crippen molar-refractivity contribution < 1.29 is 24.2 Å². The van der Waals surface area contributed by atoms with Gasteiger partial charge in [-0.25, -0.2) is 4.79 Å². The Morgan fingerprint density at radius 1 is 1.03 bits per heavy atom.